The van der Waals surface area contributed by atoms with Crippen LogP contribution in [0.3, 0.4) is 0 Å². The van der Waals surface area contributed by atoms with Gasteiger partial charge in [-0.1, -0.05) is 4.49 Å². The highest BCUT2D eigenvalue weighted by molar-refractivity contribution is 7.10. The Balaban J connectivity index is 2.27. The fourth-order valence-corrected chi connectivity index (χ4v) is 1.86. The summed E-state index contributed by atoms with van der Waals surface area (Å²) in [6, 6.07) is 4.20. The van der Waals surface area contributed by atoms with Crippen molar-refractivity contribution in [3.8, 4) is 0 Å². The highest BCUT2D eigenvalue weighted by atomic mass is 32.1. The normalized spacial score (nSPS) is 9.95. The molecule has 1 heterocycles. The Labute approximate surface area is 111 Å². The molecule has 0 aliphatic carbocycles. The lowest BCUT2D eigenvalue weighted by Gasteiger charge is -2.05. The van der Waals surface area contributed by atoms with Crippen LogP contribution in [0.25, 0.3) is 0 Å². The third-order valence-corrected chi connectivity index (χ3v) is 2.90. The van der Waals surface area contributed by atoms with Crippen LogP contribution in [0.2, 0.25) is 0 Å². The molecule has 1 aromatic carbocycles. The van der Waals surface area contributed by atoms with Gasteiger partial charge in [-0.3, -0.25) is 14.9 Å². The highest BCUT2D eigenvalue weighted by Crippen LogP contribution is 2.25. The van der Waals surface area contributed by atoms with Gasteiger partial charge in [0.2, 0.25) is 0 Å². The Bertz CT molecular complexity index is 614. The minimum absolute atomic E-state index is 0.155. The summed E-state index contributed by atoms with van der Waals surface area (Å²) in [5, 5.41) is 20.2. The van der Waals surface area contributed by atoms with Crippen LogP contribution in [0.5, 0.6) is 0 Å². The molecular formula is C10H9N5O3S. The molecule has 0 saturated carbocycles. The van der Waals surface area contributed by atoms with Gasteiger partial charge in [0.25, 0.3) is 11.6 Å². The van der Waals surface area contributed by atoms with Crippen molar-refractivity contribution in [2.24, 2.45) is 0 Å². The van der Waals surface area contributed by atoms with Gasteiger partial charge in [-0.15, -0.1) is 5.10 Å². The SMILES string of the molecule is CNc1ccc(C(=O)Nc2cnns2)cc1[N+](=O)[O-]. The topological polar surface area (TPSA) is 110 Å². The summed E-state index contributed by atoms with van der Waals surface area (Å²) in [5.41, 5.74) is 0.387. The van der Waals surface area contributed by atoms with Crippen LogP contribution >= 0.6 is 11.5 Å². The zero-order chi connectivity index (χ0) is 13.8. The molecule has 0 aliphatic rings. The third-order valence-electron chi connectivity index (χ3n) is 2.32. The summed E-state index contributed by atoms with van der Waals surface area (Å²) in [5.74, 6) is -0.447. The molecule has 9 heteroatoms. The maximum absolute atomic E-state index is 11.9. The lowest BCUT2D eigenvalue weighted by Crippen LogP contribution is -2.11. The van der Waals surface area contributed by atoms with Crippen molar-refractivity contribution in [3.05, 3.63) is 40.1 Å². The lowest BCUT2D eigenvalue weighted by atomic mass is 10.1. The van der Waals surface area contributed by atoms with E-state index >= 15 is 0 Å². The standard InChI is InChI=1S/C10H9N5O3S/c1-11-7-3-2-6(4-8(7)15(17)18)10(16)13-9-5-12-14-19-9/h2-5,11H,1H3,(H,13,16). The number of carbonyl (C=O) groups is 1. The summed E-state index contributed by atoms with van der Waals surface area (Å²) >= 11 is 1.02. The van der Waals surface area contributed by atoms with Crippen molar-refractivity contribution in [3.63, 3.8) is 0 Å². The molecule has 0 saturated heterocycles. The van der Waals surface area contributed by atoms with E-state index in [4.69, 9.17) is 0 Å². The molecule has 2 aromatic rings. The molecule has 0 bridgehead atoms. The molecule has 2 N–H and O–H groups in total. The number of nitro groups is 1. The molecule has 2 rings (SSSR count). The van der Waals surface area contributed by atoms with Gasteiger partial charge in [-0.25, -0.2) is 0 Å². The molecule has 0 radical (unpaired) electrons. The minimum atomic E-state index is -0.545. The van der Waals surface area contributed by atoms with E-state index in [9.17, 15) is 14.9 Å². The largest absolute Gasteiger partial charge is 0.383 e. The quantitative estimate of drug-likeness (QED) is 0.651. The number of hydrogen-bond donors (Lipinski definition) is 2. The average molecular weight is 279 g/mol. The first kappa shape index (κ1) is 12.9. The first-order valence-corrected chi connectivity index (χ1v) is 5.94. The fraction of sp³-hybridized carbons (Fsp3) is 0.100. The molecule has 0 aliphatic heterocycles. The number of anilines is 2. The van der Waals surface area contributed by atoms with Gasteiger partial charge in [0.05, 0.1) is 11.1 Å². The van der Waals surface area contributed by atoms with Crippen LogP contribution in [0.4, 0.5) is 16.4 Å². The number of benzene rings is 1. The van der Waals surface area contributed by atoms with Gasteiger partial charge in [0, 0.05) is 30.2 Å². The molecule has 98 valence electrons. The second-order valence-corrected chi connectivity index (χ2v) is 4.26. The molecule has 0 unspecified atom stereocenters. The molecule has 1 amide bonds. The first-order valence-electron chi connectivity index (χ1n) is 5.16. The Morgan fingerprint density at radius 1 is 1.47 bits per heavy atom. The van der Waals surface area contributed by atoms with Crippen LogP contribution in [-0.2, 0) is 0 Å². The summed E-state index contributed by atoms with van der Waals surface area (Å²) < 4.78 is 3.60. The second kappa shape index (κ2) is 5.40. The number of hydrogen-bond acceptors (Lipinski definition) is 7. The van der Waals surface area contributed by atoms with Crippen molar-refractivity contribution in [2.45, 2.75) is 0 Å². The van der Waals surface area contributed by atoms with E-state index in [1.54, 1.807) is 7.05 Å². The molecule has 19 heavy (non-hydrogen) atoms. The van der Waals surface area contributed by atoms with Crippen LogP contribution in [-0.4, -0.2) is 27.5 Å². The first-order chi connectivity index (χ1) is 9.11. The van der Waals surface area contributed by atoms with E-state index in [-0.39, 0.29) is 11.3 Å². The van der Waals surface area contributed by atoms with Gasteiger partial charge >= 0.3 is 0 Å². The maximum Gasteiger partial charge on any atom is 0.293 e. The van der Waals surface area contributed by atoms with Crippen LogP contribution in [0, 0.1) is 10.1 Å². The van der Waals surface area contributed by atoms with Gasteiger partial charge in [0.1, 0.15) is 10.7 Å². The number of nitro benzene ring substituents is 1. The number of amides is 1. The van der Waals surface area contributed by atoms with Crippen molar-refractivity contribution in [1.29, 1.82) is 0 Å². The van der Waals surface area contributed by atoms with Gasteiger partial charge in [0.15, 0.2) is 0 Å². The number of rotatable bonds is 4. The molecule has 0 fully saturated rings. The number of carbonyl (C=O) groups excluding carboxylic acids is 1. The lowest BCUT2D eigenvalue weighted by molar-refractivity contribution is -0.384. The van der Waals surface area contributed by atoms with Gasteiger partial charge in [-0.2, -0.15) is 0 Å². The van der Waals surface area contributed by atoms with E-state index in [2.05, 4.69) is 20.2 Å². The smallest absolute Gasteiger partial charge is 0.293 e. The summed E-state index contributed by atoms with van der Waals surface area (Å²) in [7, 11) is 1.57. The van der Waals surface area contributed by atoms with Gasteiger partial charge < -0.3 is 10.6 Å². The molecule has 1 aromatic heterocycles. The van der Waals surface area contributed by atoms with Crippen molar-refractivity contribution in [1.82, 2.24) is 9.59 Å². The van der Waals surface area contributed by atoms with Crippen molar-refractivity contribution >= 4 is 33.8 Å². The summed E-state index contributed by atoms with van der Waals surface area (Å²) in [6.07, 6.45) is 1.40. The molecule has 8 nitrogen and oxygen atoms in total. The van der Waals surface area contributed by atoms with Crippen LogP contribution in [0.15, 0.2) is 24.4 Å². The second-order valence-electron chi connectivity index (χ2n) is 3.47. The third kappa shape index (κ3) is 2.83. The Kier molecular flexibility index (Phi) is 3.66. The van der Waals surface area contributed by atoms with E-state index in [1.807, 2.05) is 0 Å². The summed E-state index contributed by atoms with van der Waals surface area (Å²) in [4.78, 5) is 22.2. The van der Waals surface area contributed by atoms with E-state index in [1.165, 1.54) is 24.4 Å². The minimum Gasteiger partial charge on any atom is -0.383 e. The van der Waals surface area contributed by atoms with Crippen molar-refractivity contribution < 1.29 is 9.72 Å². The van der Waals surface area contributed by atoms with Crippen LogP contribution < -0.4 is 10.6 Å². The summed E-state index contributed by atoms with van der Waals surface area (Å²) in [6.45, 7) is 0. The zero-order valence-corrected chi connectivity index (χ0v) is 10.6. The number of nitrogens with one attached hydrogen (secondary N) is 2. The van der Waals surface area contributed by atoms with Crippen LogP contribution in [0.1, 0.15) is 10.4 Å². The Hall–Kier alpha value is -2.55. The van der Waals surface area contributed by atoms with E-state index < -0.39 is 10.8 Å². The monoisotopic (exact) mass is 279 g/mol. The average Bonchev–Trinajstić information content (AvgIpc) is 2.90. The predicted octanol–water partition coefficient (Wildman–Crippen LogP) is 1.74. The molecular weight excluding hydrogens is 270 g/mol. The predicted molar refractivity (Wildman–Crippen MR) is 70.5 cm³/mol. The van der Waals surface area contributed by atoms with E-state index in [0.717, 1.165) is 11.5 Å². The van der Waals surface area contributed by atoms with Gasteiger partial charge in [-0.05, 0) is 12.1 Å². The maximum atomic E-state index is 11.9. The number of aromatic nitrogens is 2. The zero-order valence-electron chi connectivity index (χ0n) is 9.78. The number of nitrogens with zero attached hydrogens (tertiary/aromatic N) is 3. The highest BCUT2D eigenvalue weighted by Gasteiger charge is 2.17. The fourth-order valence-electron chi connectivity index (χ4n) is 1.44. The molecule has 0 atom stereocenters. The Morgan fingerprint density at radius 2 is 2.26 bits per heavy atom. The Morgan fingerprint density at radius 3 is 2.84 bits per heavy atom. The van der Waals surface area contributed by atoms with E-state index in [0.29, 0.717) is 10.7 Å². The van der Waals surface area contributed by atoms with Crippen molar-refractivity contribution in [2.75, 3.05) is 17.7 Å². The molecule has 0 spiro atoms.